The SMILES string of the molecule is CCNC(COC1CCOC1)c1ccccc1OC. The molecule has 2 unspecified atom stereocenters. The van der Waals surface area contributed by atoms with E-state index in [9.17, 15) is 0 Å². The van der Waals surface area contributed by atoms with Crippen molar-refractivity contribution in [3.63, 3.8) is 0 Å². The maximum absolute atomic E-state index is 5.93. The quantitative estimate of drug-likeness (QED) is 0.820. The number of hydrogen-bond acceptors (Lipinski definition) is 4. The van der Waals surface area contributed by atoms with Crippen LogP contribution in [-0.2, 0) is 9.47 Å². The van der Waals surface area contributed by atoms with E-state index in [-0.39, 0.29) is 12.1 Å². The van der Waals surface area contributed by atoms with Crippen molar-refractivity contribution in [3.05, 3.63) is 29.8 Å². The van der Waals surface area contributed by atoms with Crippen molar-refractivity contribution in [2.24, 2.45) is 0 Å². The van der Waals surface area contributed by atoms with Crippen LogP contribution in [0.5, 0.6) is 5.75 Å². The Hall–Kier alpha value is -1.10. The Labute approximate surface area is 115 Å². The Morgan fingerprint density at radius 1 is 1.42 bits per heavy atom. The number of hydrogen-bond donors (Lipinski definition) is 1. The Morgan fingerprint density at radius 3 is 2.95 bits per heavy atom. The van der Waals surface area contributed by atoms with Gasteiger partial charge in [-0.15, -0.1) is 0 Å². The lowest BCUT2D eigenvalue weighted by molar-refractivity contribution is 0.0296. The fraction of sp³-hybridized carbons (Fsp3) is 0.600. The zero-order valence-electron chi connectivity index (χ0n) is 11.7. The summed E-state index contributed by atoms with van der Waals surface area (Å²) in [5.41, 5.74) is 1.14. The summed E-state index contributed by atoms with van der Waals surface area (Å²) < 4.78 is 16.7. The molecule has 1 aromatic rings. The van der Waals surface area contributed by atoms with Gasteiger partial charge >= 0.3 is 0 Å². The molecule has 2 atom stereocenters. The average molecular weight is 265 g/mol. The third kappa shape index (κ3) is 3.93. The number of para-hydroxylation sites is 1. The highest BCUT2D eigenvalue weighted by atomic mass is 16.5. The molecule has 0 aromatic heterocycles. The second-order valence-electron chi connectivity index (χ2n) is 4.67. The summed E-state index contributed by atoms with van der Waals surface area (Å²) in [6.07, 6.45) is 1.22. The van der Waals surface area contributed by atoms with Crippen LogP contribution in [0.1, 0.15) is 24.9 Å². The largest absolute Gasteiger partial charge is 0.496 e. The fourth-order valence-corrected chi connectivity index (χ4v) is 2.34. The van der Waals surface area contributed by atoms with E-state index in [2.05, 4.69) is 18.3 Å². The van der Waals surface area contributed by atoms with Gasteiger partial charge in [-0.3, -0.25) is 0 Å². The minimum atomic E-state index is 0.154. The molecule has 1 aliphatic heterocycles. The van der Waals surface area contributed by atoms with E-state index in [0.29, 0.717) is 13.2 Å². The molecule has 1 aromatic carbocycles. The molecular weight excluding hydrogens is 242 g/mol. The molecule has 1 aliphatic rings. The number of likely N-dealkylation sites (N-methyl/N-ethyl adjacent to an activating group) is 1. The van der Waals surface area contributed by atoms with Gasteiger partial charge in [-0.25, -0.2) is 0 Å². The number of ether oxygens (including phenoxy) is 3. The van der Waals surface area contributed by atoms with E-state index in [4.69, 9.17) is 14.2 Å². The van der Waals surface area contributed by atoms with Gasteiger partial charge in [0, 0.05) is 12.2 Å². The highest BCUT2D eigenvalue weighted by Crippen LogP contribution is 2.25. The van der Waals surface area contributed by atoms with Crippen LogP contribution in [0.2, 0.25) is 0 Å². The van der Waals surface area contributed by atoms with E-state index in [0.717, 1.165) is 30.9 Å². The summed E-state index contributed by atoms with van der Waals surface area (Å²) in [5, 5.41) is 3.45. The van der Waals surface area contributed by atoms with Crippen molar-refractivity contribution in [1.29, 1.82) is 0 Å². The Bertz CT molecular complexity index is 377. The first-order chi connectivity index (χ1) is 9.35. The van der Waals surface area contributed by atoms with E-state index in [1.54, 1.807) is 7.11 Å². The molecule has 0 spiro atoms. The van der Waals surface area contributed by atoms with Gasteiger partial charge in [-0.2, -0.15) is 0 Å². The van der Waals surface area contributed by atoms with E-state index in [1.165, 1.54) is 0 Å². The van der Waals surface area contributed by atoms with Crippen molar-refractivity contribution in [2.45, 2.75) is 25.5 Å². The van der Waals surface area contributed by atoms with Gasteiger partial charge in [0.1, 0.15) is 5.75 Å². The molecule has 1 saturated heterocycles. The first-order valence-corrected chi connectivity index (χ1v) is 6.90. The van der Waals surface area contributed by atoms with Crippen LogP contribution < -0.4 is 10.1 Å². The van der Waals surface area contributed by atoms with Crippen LogP contribution in [0.3, 0.4) is 0 Å². The monoisotopic (exact) mass is 265 g/mol. The highest BCUT2D eigenvalue weighted by Gasteiger charge is 2.20. The van der Waals surface area contributed by atoms with Gasteiger partial charge in [0.2, 0.25) is 0 Å². The van der Waals surface area contributed by atoms with Crippen LogP contribution in [0.4, 0.5) is 0 Å². The van der Waals surface area contributed by atoms with Crippen LogP contribution in [0.15, 0.2) is 24.3 Å². The second-order valence-corrected chi connectivity index (χ2v) is 4.67. The second kappa shape index (κ2) is 7.48. The molecule has 4 nitrogen and oxygen atoms in total. The van der Waals surface area contributed by atoms with Crippen molar-refractivity contribution in [3.8, 4) is 5.75 Å². The first kappa shape index (κ1) is 14.3. The summed E-state index contributed by atoms with van der Waals surface area (Å²) in [6, 6.07) is 8.23. The lowest BCUT2D eigenvalue weighted by Gasteiger charge is -2.22. The van der Waals surface area contributed by atoms with Crippen LogP contribution in [0.25, 0.3) is 0 Å². The molecule has 0 amide bonds. The third-order valence-corrected chi connectivity index (χ3v) is 3.35. The molecule has 0 saturated carbocycles. The Kier molecular flexibility index (Phi) is 5.63. The number of rotatable bonds is 7. The Balaban J connectivity index is 2.01. The van der Waals surface area contributed by atoms with Gasteiger partial charge < -0.3 is 19.5 Å². The summed E-state index contributed by atoms with van der Waals surface area (Å²) in [4.78, 5) is 0. The maximum Gasteiger partial charge on any atom is 0.123 e. The van der Waals surface area contributed by atoms with Gasteiger partial charge in [-0.05, 0) is 19.0 Å². The van der Waals surface area contributed by atoms with Gasteiger partial charge in [0.25, 0.3) is 0 Å². The molecule has 1 N–H and O–H groups in total. The summed E-state index contributed by atoms with van der Waals surface area (Å²) >= 11 is 0. The zero-order valence-corrected chi connectivity index (χ0v) is 11.7. The van der Waals surface area contributed by atoms with Crippen LogP contribution in [0, 0.1) is 0 Å². The lowest BCUT2D eigenvalue weighted by Crippen LogP contribution is -2.28. The predicted octanol–water partition coefficient (Wildman–Crippen LogP) is 2.15. The highest BCUT2D eigenvalue weighted by molar-refractivity contribution is 5.35. The number of nitrogens with one attached hydrogen (secondary N) is 1. The van der Waals surface area contributed by atoms with Crippen LogP contribution >= 0.6 is 0 Å². The predicted molar refractivity (Wildman–Crippen MR) is 74.6 cm³/mol. The molecule has 0 bridgehead atoms. The molecule has 0 radical (unpaired) electrons. The van der Waals surface area contributed by atoms with Crippen molar-refractivity contribution < 1.29 is 14.2 Å². The first-order valence-electron chi connectivity index (χ1n) is 6.90. The standard InChI is InChI=1S/C15H23NO3/c1-3-16-14(11-19-12-8-9-18-10-12)13-6-4-5-7-15(13)17-2/h4-7,12,14,16H,3,8-11H2,1-2H3. The summed E-state index contributed by atoms with van der Waals surface area (Å²) in [6.45, 7) is 5.16. The molecule has 1 heterocycles. The van der Waals surface area contributed by atoms with Crippen LogP contribution in [-0.4, -0.2) is 39.6 Å². The number of benzene rings is 1. The minimum Gasteiger partial charge on any atom is -0.496 e. The maximum atomic E-state index is 5.93. The Morgan fingerprint density at radius 2 is 2.26 bits per heavy atom. The van der Waals surface area contributed by atoms with E-state index < -0.39 is 0 Å². The van der Waals surface area contributed by atoms with Gasteiger partial charge in [-0.1, -0.05) is 25.1 Å². The van der Waals surface area contributed by atoms with Crippen molar-refractivity contribution in [1.82, 2.24) is 5.32 Å². The molecule has 2 rings (SSSR count). The summed E-state index contributed by atoms with van der Waals surface area (Å²) in [5.74, 6) is 0.903. The number of methoxy groups -OCH3 is 1. The zero-order chi connectivity index (χ0) is 13.5. The van der Waals surface area contributed by atoms with E-state index >= 15 is 0 Å². The topological polar surface area (TPSA) is 39.7 Å². The van der Waals surface area contributed by atoms with Gasteiger partial charge in [0.15, 0.2) is 0 Å². The normalized spacial score (nSPS) is 20.4. The molecule has 19 heavy (non-hydrogen) atoms. The summed E-state index contributed by atoms with van der Waals surface area (Å²) in [7, 11) is 1.70. The molecule has 106 valence electrons. The lowest BCUT2D eigenvalue weighted by atomic mass is 10.1. The third-order valence-electron chi connectivity index (χ3n) is 3.35. The molecule has 4 heteroatoms. The van der Waals surface area contributed by atoms with Crippen molar-refractivity contribution in [2.75, 3.05) is 33.5 Å². The fourth-order valence-electron chi connectivity index (χ4n) is 2.34. The van der Waals surface area contributed by atoms with Gasteiger partial charge in [0.05, 0.1) is 32.5 Å². The molecule has 1 fully saturated rings. The van der Waals surface area contributed by atoms with E-state index in [1.807, 2.05) is 18.2 Å². The molecular formula is C15H23NO3. The van der Waals surface area contributed by atoms with Crippen molar-refractivity contribution >= 4 is 0 Å². The minimum absolute atomic E-state index is 0.154. The molecule has 0 aliphatic carbocycles. The average Bonchev–Trinajstić information content (AvgIpc) is 2.96. The smallest absolute Gasteiger partial charge is 0.123 e.